The standard InChI is InChI=1S/C15H18F3NO3/c1-10(2)8-14(20)19-12-9-11(15(16,17)18)4-5-13(12)22-7-6-21-3/h4-5,8-9H,6-7H2,1-3H3,(H,19,20). The third-order valence-electron chi connectivity index (χ3n) is 2.53. The Balaban J connectivity index is 3.05. The Kier molecular flexibility index (Phi) is 6.42. The fraction of sp³-hybridized carbons (Fsp3) is 0.400. The van der Waals surface area contributed by atoms with Gasteiger partial charge in [-0.2, -0.15) is 13.2 Å². The molecule has 122 valence electrons. The van der Waals surface area contributed by atoms with E-state index in [0.717, 1.165) is 17.7 Å². The molecule has 4 nitrogen and oxygen atoms in total. The van der Waals surface area contributed by atoms with Crippen LogP contribution in [0.1, 0.15) is 19.4 Å². The summed E-state index contributed by atoms with van der Waals surface area (Å²) in [6.45, 7) is 3.86. The molecule has 0 fully saturated rings. The van der Waals surface area contributed by atoms with Gasteiger partial charge in [-0.1, -0.05) is 5.57 Å². The lowest BCUT2D eigenvalue weighted by molar-refractivity contribution is -0.137. The normalized spacial score (nSPS) is 11.0. The maximum atomic E-state index is 12.8. The summed E-state index contributed by atoms with van der Waals surface area (Å²) >= 11 is 0. The number of anilines is 1. The van der Waals surface area contributed by atoms with Crippen LogP contribution in [0, 0.1) is 0 Å². The van der Waals surface area contributed by atoms with Gasteiger partial charge in [0.05, 0.1) is 17.9 Å². The molecule has 0 spiro atoms. The molecule has 0 aliphatic carbocycles. The van der Waals surface area contributed by atoms with Crippen molar-refractivity contribution < 1.29 is 27.4 Å². The number of hydrogen-bond donors (Lipinski definition) is 1. The van der Waals surface area contributed by atoms with E-state index < -0.39 is 17.6 Å². The topological polar surface area (TPSA) is 47.6 Å². The molecular weight excluding hydrogens is 299 g/mol. The number of rotatable bonds is 6. The summed E-state index contributed by atoms with van der Waals surface area (Å²) in [5.41, 5.74) is -0.168. The predicted molar refractivity (Wildman–Crippen MR) is 76.9 cm³/mol. The number of ether oxygens (including phenoxy) is 2. The van der Waals surface area contributed by atoms with Gasteiger partial charge in [-0.15, -0.1) is 0 Å². The van der Waals surface area contributed by atoms with E-state index in [4.69, 9.17) is 9.47 Å². The Morgan fingerprint density at radius 3 is 2.50 bits per heavy atom. The van der Waals surface area contributed by atoms with E-state index in [9.17, 15) is 18.0 Å². The van der Waals surface area contributed by atoms with E-state index in [0.29, 0.717) is 0 Å². The minimum absolute atomic E-state index is 0.0339. The number of amides is 1. The number of allylic oxidation sites excluding steroid dienone is 1. The third-order valence-corrected chi connectivity index (χ3v) is 2.53. The van der Waals surface area contributed by atoms with E-state index in [1.165, 1.54) is 19.3 Å². The van der Waals surface area contributed by atoms with Gasteiger partial charge >= 0.3 is 6.18 Å². The lowest BCUT2D eigenvalue weighted by atomic mass is 10.1. The number of carbonyl (C=O) groups is 1. The van der Waals surface area contributed by atoms with Gasteiger partial charge in [0.15, 0.2) is 0 Å². The molecule has 1 rings (SSSR count). The van der Waals surface area contributed by atoms with Gasteiger partial charge in [0.1, 0.15) is 12.4 Å². The summed E-state index contributed by atoms with van der Waals surface area (Å²) in [7, 11) is 1.48. The van der Waals surface area contributed by atoms with Crippen molar-refractivity contribution >= 4 is 11.6 Å². The summed E-state index contributed by atoms with van der Waals surface area (Å²) in [4.78, 5) is 11.7. The Bertz CT molecular complexity index is 549. The van der Waals surface area contributed by atoms with Crippen LogP contribution < -0.4 is 10.1 Å². The first-order valence-corrected chi connectivity index (χ1v) is 6.53. The maximum absolute atomic E-state index is 12.8. The molecule has 1 amide bonds. The van der Waals surface area contributed by atoms with E-state index in [1.807, 2.05) is 0 Å². The smallest absolute Gasteiger partial charge is 0.416 e. The third kappa shape index (κ3) is 5.77. The minimum atomic E-state index is -4.50. The number of alkyl halides is 3. The van der Waals surface area contributed by atoms with E-state index in [-0.39, 0.29) is 24.7 Å². The highest BCUT2D eigenvalue weighted by atomic mass is 19.4. The lowest BCUT2D eigenvalue weighted by Gasteiger charge is -2.14. The van der Waals surface area contributed by atoms with Crippen molar-refractivity contribution in [3.8, 4) is 5.75 Å². The Labute approximate surface area is 126 Å². The van der Waals surface area contributed by atoms with Crippen LogP contribution >= 0.6 is 0 Å². The Hall–Kier alpha value is -2.02. The zero-order valence-electron chi connectivity index (χ0n) is 12.6. The largest absolute Gasteiger partial charge is 0.489 e. The van der Waals surface area contributed by atoms with Crippen molar-refractivity contribution in [2.45, 2.75) is 20.0 Å². The summed E-state index contributed by atoms with van der Waals surface area (Å²) < 4.78 is 48.4. The molecule has 1 aromatic carbocycles. The second kappa shape index (κ2) is 7.84. The average molecular weight is 317 g/mol. The fourth-order valence-corrected chi connectivity index (χ4v) is 1.60. The van der Waals surface area contributed by atoms with Gasteiger partial charge in [0.2, 0.25) is 5.91 Å². The molecule has 1 aromatic rings. The van der Waals surface area contributed by atoms with Gasteiger partial charge < -0.3 is 14.8 Å². The molecule has 0 aliphatic rings. The van der Waals surface area contributed by atoms with Gasteiger partial charge in [-0.25, -0.2) is 0 Å². The molecule has 0 heterocycles. The summed E-state index contributed by atoms with van der Waals surface area (Å²) in [6.07, 6.45) is -3.21. The quantitative estimate of drug-likeness (QED) is 0.644. The number of carbonyl (C=O) groups excluding carboxylic acids is 1. The van der Waals surface area contributed by atoms with Crippen LogP contribution in [0.25, 0.3) is 0 Å². The molecule has 0 atom stereocenters. The maximum Gasteiger partial charge on any atom is 0.416 e. The van der Waals surface area contributed by atoms with Crippen LogP contribution in [0.15, 0.2) is 29.8 Å². The second-order valence-corrected chi connectivity index (χ2v) is 4.76. The van der Waals surface area contributed by atoms with Crippen LogP contribution in [0.2, 0.25) is 0 Å². The molecule has 1 N–H and O–H groups in total. The zero-order chi connectivity index (χ0) is 16.8. The second-order valence-electron chi connectivity index (χ2n) is 4.76. The van der Waals surface area contributed by atoms with Crippen molar-refractivity contribution in [3.05, 3.63) is 35.4 Å². The molecule has 0 saturated carbocycles. The van der Waals surface area contributed by atoms with Crippen molar-refractivity contribution in [2.24, 2.45) is 0 Å². The first kappa shape index (κ1) is 18.0. The highest BCUT2D eigenvalue weighted by Crippen LogP contribution is 2.35. The Morgan fingerprint density at radius 1 is 1.27 bits per heavy atom. The van der Waals surface area contributed by atoms with E-state index in [2.05, 4.69) is 5.32 Å². The highest BCUT2D eigenvalue weighted by molar-refractivity contribution is 6.00. The molecule has 0 radical (unpaired) electrons. The van der Waals surface area contributed by atoms with Gasteiger partial charge in [0, 0.05) is 13.2 Å². The SMILES string of the molecule is COCCOc1ccc(C(F)(F)F)cc1NC(=O)C=C(C)C. The minimum Gasteiger partial charge on any atom is -0.489 e. The van der Waals surface area contributed by atoms with Gasteiger partial charge in [-0.3, -0.25) is 4.79 Å². The summed E-state index contributed by atoms with van der Waals surface area (Å²) in [5, 5.41) is 2.40. The van der Waals surface area contributed by atoms with E-state index >= 15 is 0 Å². The molecule has 22 heavy (non-hydrogen) atoms. The monoisotopic (exact) mass is 317 g/mol. The van der Waals surface area contributed by atoms with Crippen molar-refractivity contribution in [1.82, 2.24) is 0 Å². The van der Waals surface area contributed by atoms with Gasteiger partial charge in [-0.05, 0) is 32.0 Å². The van der Waals surface area contributed by atoms with Crippen molar-refractivity contribution in [1.29, 1.82) is 0 Å². The molecule has 0 aromatic heterocycles. The number of benzene rings is 1. The Morgan fingerprint density at radius 2 is 1.95 bits per heavy atom. The predicted octanol–water partition coefficient (Wildman–Crippen LogP) is 3.64. The van der Waals surface area contributed by atoms with Crippen molar-refractivity contribution in [3.63, 3.8) is 0 Å². The zero-order valence-corrected chi connectivity index (χ0v) is 12.6. The van der Waals surface area contributed by atoms with Crippen LogP contribution in [0.3, 0.4) is 0 Å². The molecular formula is C15H18F3NO3. The molecule has 7 heteroatoms. The van der Waals surface area contributed by atoms with Crippen LogP contribution in [-0.4, -0.2) is 26.2 Å². The lowest BCUT2D eigenvalue weighted by Crippen LogP contribution is -2.13. The number of methoxy groups -OCH3 is 1. The number of halogens is 3. The first-order valence-electron chi connectivity index (χ1n) is 6.53. The van der Waals surface area contributed by atoms with E-state index in [1.54, 1.807) is 13.8 Å². The van der Waals surface area contributed by atoms with Crippen LogP contribution in [0.5, 0.6) is 5.75 Å². The molecule has 0 bridgehead atoms. The number of hydrogen-bond acceptors (Lipinski definition) is 3. The van der Waals surface area contributed by atoms with Gasteiger partial charge in [0.25, 0.3) is 0 Å². The fourth-order valence-electron chi connectivity index (χ4n) is 1.60. The molecule has 0 aliphatic heterocycles. The molecule has 0 unspecified atom stereocenters. The average Bonchev–Trinajstić information content (AvgIpc) is 2.38. The highest BCUT2D eigenvalue weighted by Gasteiger charge is 2.31. The van der Waals surface area contributed by atoms with Crippen LogP contribution in [0.4, 0.5) is 18.9 Å². The first-order chi connectivity index (χ1) is 10.2. The van der Waals surface area contributed by atoms with Crippen LogP contribution in [-0.2, 0) is 15.7 Å². The van der Waals surface area contributed by atoms with Crippen molar-refractivity contribution in [2.75, 3.05) is 25.6 Å². The summed E-state index contributed by atoms with van der Waals surface area (Å²) in [6, 6.07) is 2.92. The number of nitrogens with one attached hydrogen (secondary N) is 1. The summed E-state index contributed by atoms with van der Waals surface area (Å²) in [5.74, 6) is -0.364. The molecule has 0 saturated heterocycles.